The van der Waals surface area contributed by atoms with Crippen LogP contribution in [0.25, 0.3) is 0 Å². The zero-order valence-electron chi connectivity index (χ0n) is 20.0. The molecule has 0 saturated carbocycles. The lowest BCUT2D eigenvalue weighted by atomic mass is 9.94. The maximum atomic E-state index is 11.6. The smallest absolute Gasteiger partial charge is 0.261 e. The normalized spacial score (nSPS) is 20.8. The molecule has 0 aromatic heterocycles. The summed E-state index contributed by atoms with van der Waals surface area (Å²) in [5, 5.41) is 23.4. The minimum Gasteiger partial charge on any atom is -0.404 e. The van der Waals surface area contributed by atoms with Gasteiger partial charge in [-0.15, -0.1) is 0 Å². The SMILES string of the molecule is CC1(C)OC[C@@H](C[C@@](O)(CCO)CO[Si](c2ccccc2)(c2ccccc2)C(C)(C)C)O1. The van der Waals surface area contributed by atoms with Crippen molar-refractivity contribution in [3.8, 4) is 0 Å². The first-order chi connectivity index (χ1) is 15.0. The van der Waals surface area contributed by atoms with Crippen molar-refractivity contribution in [3.05, 3.63) is 60.7 Å². The third-order valence-corrected chi connectivity index (χ3v) is 11.2. The fourth-order valence-electron chi connectivity index (χ4n) is 4.73. The molecule has 1 fully saturated rings. The standard InChI is InChI=1S/C26H38O5Si/c1-24(2,3)32(22-12-8-6-9-13-22,23-14-10-7-11-15-23)30-20-26(28,16-17-27)18-21-19-29-25(4,5)31-21/h6-15,21,27-28H,16-20H2,1-5H3/t21-,26+/m1/s1. The molecule has 6 heteroatoms. The van der Waals surface area contributed by atoms with Crippen LogP contribution in [0.15, 0.2) is 60.7 Å². The van der Waals surface area contributed by atoms with Crippen LogP contribution in [0.5, 0.6) is 0 Å². The zero-order chi connectivity index (χ0) is 23.5. The Bertz CT molecular complexity index is 810. The molecular formula is C26H38O5Si. The van der Waals surface area contributed by atoms with Gasteiger partial charge >= 0.3 is 0 Å². The van der Waals surface area contributed by atoms with E-state index in [-0.39, 0.29) is 30.8 Å². The number of aliphatic hydroxyl groups is 2. The van der Waals surface area contributed by atoms with E-state index in [1.165, 1.54) is 0 Å². The molecule has 0 amide bonds. The van der Waals surface area contributed by atoms with Crippen molar-refractivity contribution in [3.63, 3.8) is 0 Å². The predicted octanol–water partition coefficient (Wildman–Crippen LogP) is 3.22. The minimum absolute atomic E-state index is 0.112. The van der Waals surface area contributed by atoms with Crippen LogP contribution in [-0.4, -0.2) is 55.8 Å². The van der Waals surface area contributed by atoms with Gasteiger partial charge in [-0.2, -0.15) is 0 Å². The number of ether oxygens (including phenoxy) is 2. The van der Waals surface area contributed by atoms with Gasteiger partial charge in [0.1, 0.15) is 0 Å². The molecule has 0 radical (unpaired) electrons. The maximum absolute atomic E-state index is 11.6. The quantitative estimate of drug-likeness (QED) is 0.565. The third-order valence-electron chi connectivity index (χ3n) is 6.23. The molecule has 1 saturated heterocycles. The largest absolute Gasteiger partial charge is 0.404 e. The summed E-state index contributed by atoms with van der Waals surface area (Å²) in [5.74, 6) is -0.663. The summed E-state index contributed by atoms with van der Waals surface area (Å²) in [7, 11) is -2.79. The van der Waals surface area contributed by atoms with Crippen LogP contribution in [-0.2, 0) is 13.9 Å². The molecule has 1 aliphatic heterocycles. The molecule has 5 nitrogen and oxygen atoms in total. The first kappa shape index (κ1) is 25.1. The van der Waals surface area contributed by atoms with Gasteiger partial charge in [0.2, 0.25) is 0 Å². The molecular weight excluding hydrogens is 420 g/mol. The fourth-order valence-corrected chi connectivity index (χ4v) is 9.37. The average Bonchev–Trinajstić information content (AvgIpc) is 3.07. The molecule has 1 heterocycles. The highest BCUT2D eigenvalue weighted by molar-refractivity contribution is 6.99. The first-order valence-corrected chi connectivity index (χ1v) is 13.3. The molecule has 32 heavy (non-hydrogen) atoms. The average molecular weight is 459 g/mol. The van der Waals surface area contributed by atoms with Crippen molar-refractivity contribution in [2.75, 3.05) is 19.8 Å². The van der Waals surface area contributed by atoms with Gasteiger partial charge in [-0.3, -0.25) is 0 Å². The summed E-state index contributed by atoms with van der Waals surface area (Å²) in [6.07, 6.45) is 0.310. The molecule has 0 spiro atoms. The molecule has 2 aromatic rings. The Balaban J connectivity index is 1.96. The van der Waals surface area contributed by atoms with E-state index in [2.05, 4.69) is 45.0 Å². The van der Waals surface area contributed by atoms with Gasteiger partial charge < -0.3 is 24.1 Å². The fraction of sp³-hybridized carbons (Fsp3) is 0.538. The summed E-state index contributed by atoms with van der Waals surface area (Å²) < 4.78 is 18.6. The Hall–Kier alpha value is -1.54. The molecule has 2 N–H and O–H groups in total. The predicted molar refractivity (Wildman–Crippen MR) is 130 cm³/mol. The Kier molecular flexibility index (Phi) is 7.65. The molecule has 2 atom stereocenters. The topological polar surface area (TPSA) is 68.2 Å². The Morgan fingerprint density at radius 3 is 1.94 bits per heavy atom. The highest BCUT2D eigenvalue weighted by Gasteiger charge is 2.51. The van der Waals surface area contributed by atoms with Crippen LogP contribution < -0.4 is 10.4 Å². The van der Waals surface area contributed by atoms with Gasteiger partial charge in [0, 0.05) is 19.4 Å². The molecule has 1 aliphatic rings. The molecule has 2 aromatic carbocycles. The van der Waals surface area contributed by atoms with Gasteiger partial charge in [0.25, 0.3) is 8.32 Å². The lowest BCUT2D eigenvalue weighted by Gasteiger charge is -2.45. The van der Waals surface area contributed by atoms with Crippen molar-refractivity contribution < 1.29 is 24.1 Å². The van der Waals surface area contributed by atoms with Crippen LogP contribution >= 0.6 is 0 Å². The van der Waals surface area contributed by atoms with Gasteiger partial charge in [-0.1, -0.05) is 81.4 Å². The zero-order valence-corrected chi connectivity index (χ0v) is 21.0. The van der Waals surface area contributed by atoms with Gasteiger partial charge in [0.05, 0.1) is 24.9 Å². The summed E-state index contributed by atoms with van der Waals surface area (Å²) in [6.45, 7) is 10.8. The molecule has 0 bridgehead atoms. The van der Waals surface area contributed by atoms with E-state index in [9.17, 15) is 10.2 Å². The van der Waals surface area contributed by atoms with E-state index in [0.717, 1.165) is 10.4 Å². The maximum Gasteiger partial charge on any atom is 0.261 e. The van der Waals surface area contributed by atoms with Crippen molar-refractivity contribution in [1.29, 1.82) is 0 Å². The van der Waals surface area contributed by atoms with E-state index < -0.39 is 19.7 Å². The highest BCUT2D eigenvalue weighted by atomic mass is 28.4. The van der Waals surface area contributed by atoms with E-state index in [0.29, 0.717) is 13.0 Å². The van der Waals surface area contributed by atoms with Gasteiger partial charge in [0.15, 0.2) is 5.79 Å². The second-order valence-electron chi connectivity index (χ2n) is 10.3. The summed E-state index contributed by atoms with van der Waals surface area (Å²) in [6, 6.07) is 20.7. The number of hydrogen-bond acceptors (Lipinski definition) is 5. The number of hydrogen-bond donors (Lipinski definition) is 2. The second kappa shape index (κ2) is 9.75. The summed E-state index contributed by atoms with van der Waals surface area (Å²) in [5.41, 5.74) is -1.23. The van der Waals surface area contributed by atoms with Crippen LogP contribution in [0, 0.1) is 0 Å². The first-order valence-electron chi connectivity index (χ1n) is 11.4. The van der Waals surface area contributed by atoms with Crippen LogP contribution in [0.2, 0.25) is 5.04 Å². The van der Waals surface area contributed by atoms with Crippen LogP contribution in [0.4, 0.5) is 0 Å². The van der Waals surface area contributed by atoms with E-state index >= 15 is 0 Å². The number of benzene rings is 2. The van der Waals surface area contributed by atoms with E-state index in [4.69, 9.17) is 13.9 Å². The number of aliphatic hydroxyl groups excluding tert-OH is 1. The van der Waals surface area contributed by atoms with Gasteiger partial charge in [-0.25, -0.2) is 0 Å². The van der Waals surface area contributed by atoms with Crippen LogP contribution in [0.3, 0.4) is 0 Å². The minimum atomic E-state index is -2.79. The molecule has 3 rings (SSSR count). The lowest BCUT2D eigenvalue weighted by Crippen LogP contribution is -2.67. The summed E-state index contributed by atoms with van der Waals surface area (Å²) in [4.78, 5) is 0. The Labute approximate surface area is 193 Å². The number of rotatable bonds is 9. The molecule has 0 unspecified atom stereocenters. The Morgan fingerprint density at radius 2 is 1.53 bits per heavy atom. The van der Waals surface area contributed by atoms with Crippen molar-refractivity contribution in [2.45, 2.75) is 70.0 Å². The summed E-state index contributed by atoms with van der Waals surface area (Å²) >= 11 is 0. The monoisotopic (exact) mass is 458 g/mol. The third kappa shape index (κ3) is 5.50. The van der Waals surface area contributed by atoms with Gasteiger partial charge in [-0.05, 0) is 29.3 Å². The van der Waals surface area contributed by atoms with Crippen molar-refractivity contribution >= 4 is 18.7 Å². The Morgan fingerprint density at radius 1 is 1.00 bits per heavy atom. The van der Waals surface area contributed by atoms with Crippen molar-refractivity contribution in [1.82, 2.24) is 0 Å². The van der Waals surface area contributed by atoms with E-state index in [1.807, 2.05) is 50.2 Å². The van der Waals surface area contributed by atoms with Crippen molar-refractivity contribution in [2.24, 2.45) is 0 Å². The second-order valence-corrected chi connectivity index (χ2v) is 14.6. The highest BCUT2D eigenvalue weighted by Crippen LogP contribution is 2.38. The molecule has 0 aliphatic carbocycles. The lowest BCUT2D eigenvalue weighted by molar-refractivity contribution is -0.148. The van der Waals surface area contributed by atoms with Crippen LogP contribution in [0.1, 0.15) is 47.5 Å². The molecule has 176 valence electrons. The van der Waals surface area contributed by atoms with E-state index in [1.54, 1.807) is 0 Å².